The van der Waals surface area contributed by atoms with Crippen LogP contribution in [0.5, 0.6) is 0 Å². The number of aryl methyl sites for hydroxylation is 2. The summed E-state index contributed by atoms with van der Waals surface area (Å²) < 4.78 is 1.95. The van der Waals surface area contributed by atoms with E-state index < -0.39 is 0 Å². The Morgan fingerprint density at radius 2 is 2.20 bits per heavy atom. The smallest absolute Gasteiger partial charge is 0.251 e. The number of amides is 1. The van der Waals surface area contributed by atoms with Crippen LogP contribution in [0.4, 0.5) is 5.82 Å². The molecule has 2 aromatic rings. The highest BCUT2D eigenvalue weighted by Crippen LogP contribution is 2.09. The Hall–Kier alpha value is -2.37. The van der Waals surface area contributed by atoms with Gasteiger partial charge in [0, 0.05) is 50.7 Å². The molecule has 6 heteroatoms. The molecule has 0 atom stereocenters. The number of nitrogens with one attached hydrogen (secondary N) is 2. The maximum atomic E-state index is 12.1. The third kappa shape index (κ3) is 3.34. The highest BCUT2D eigenvalue weighted by atomic mass is 16.1. The van der Waals surface area contributed by atoms with Crippen molar-refractivity contribution in [3.05, 3.63) is 41.6 Å². The molecule has 0 bridgehead atoms. The van der Waals surface area contributed by atoms with E-state index in [2.05, 4.69) is 20.6 Å². The normalized spacial score (nSPS) is 10.3. The molecule has 2 aromatic heterocycles. The summed E-state index contributed by atoms with van der Waals surface area (Å²) in [6.45, 7) is 2.42. The number of hydrogen-bond donors (Lipinski definition) is 2. The van der Waals surface area contributed by atoms with Crippen LogP contribution in [0.3, 0.4) is 0 Å². The molecular formula is C14H19N5O. The number of anilines is 1. The summed E-state index contributed by atoms with van der Waals surface area (Å²) in [4.78, 5) is 20.6. The molecule has 2 rings (SSSR count). The Morgan fingerprint density at radius 1 is 1.40 bits per heavy atom. The van der Waals surface area contributed by atoms with E-state index in [1.165, 1.54) is 0 Å². The molecule has 20 heavy (non-hydrogen) atoms. The topological polar surface area (TPSA) is 71.8 Å². The van der Waals surface area contributed by atoms with Crippen LogP contribution in [0.15, 0.2) is 24.5 Å². The lowest BCUT2D eigenvalue weighted by Gasteiger charge is -2.08. The zero-order valence-corrected chi connectivity index (χ0v) is 12.0. The fourth-order valence-electron chi connectivity index (χ4n) is 1.95. The second-order valence-electron chi connectivity index (χ2n) is 4.59. The monoisotopic (exact) mass is 273 g/mol. The van der Waals surface area contributed by atoms with Gasteiger partial charge < -0.3 is 15.2 Å². The van der Waals surface area contributed by atoms with Gasteiger partial charge in [-0.3, -0.25) is 4.79 Å². The number of nitrogens with zero attached hydrogens (tertiary/aromatic N) is 3. The Kier molecular flexibility index (Phi) is 4.34. The first-order valence-electron chi connectivity index (χ1n) is 6.51. The van der Waals surface area contributed by atoms with Gasteiger partial charge in [-0.15, -0.1) is 0 Å². The minimum Gasteiger partial charge on any atom is -0.373 e. The molecule has 0 aliphatic heterocycles. The van der Waals surface area contributed by atoms with Crippen LogP contribution < -0.4 is 10.6 Å². The standard InChI is InChI=1S/C14H19N5O/c1-10-8-11(9-12(15-2)18-10)14(20)17-5-4-13-16-6-7-19(13)3/h6-9H,4-5H2,1-3H3,(H,15,18)(H,17,20). The molecule has 0 spiro atoms. The molecular weight excluding hydrogens is 254 g/mol. The first-order valence-corrected chi connectivity index (χ1v) is 6.51. The van der Waals surface area contributed by atoms with Crippen LogP contribution in [0.25, 0.3) is 0 Å². The van der Waals surface area contributed by atoms with Gasteiger partial charge in [-0.1, -0.05) is 0 Å². The molecule has 2 heterocycles. The van der Waals surface area contributed by atoms with Crippen LogP contribution in [0.2, 0.25) is 0 Å². The van der Waals surface area contributed by atoms with E-state index in [0.29, 0.717) is 24.3 Å². The second-order valence-corrected chi connectivity index (χ2v) is 4.59. The van der Waals surface area contributed by atoms with Crippen molar-refractivity contribution in [1.82, 2.24) is 19.9 Å². The third-order valence-electron chi connectivity index (χ3n) is 3.03. The quantitative estimate of drug-likeness (QED) is 0.857. The molecule has 0 radical (unpaired) electrons. The van der Waals surface area contributed by atoms with Crippen molar-refractivity contribution in [3.63, 3.8) is 0 Å². The molecule has 2 N–H and O–H groups in total. The molecule has 0 aliphatic carbocycles. The fourth-order valence-corrected chi connectivity index (χ4v) is 1.95. The summed E-state index contributed by atoms with van der Waals surface area (Å²) in [6, 6.07) is 3.51. The highest BCUT2D eigenvalue weighted by Gasteiger charge is 2.08. The molecule has 106 valence electrons. The summed E-state index contributed by atoms with van der Waals surface area (Å²) in [5, 5.41) is 5.84. The van der Waals surface area contributed by atoms with E-state index in [9.17, 15) is 4.79 Å². The number of carbonyl (C=O) groups is 1. The van der Waals surface area contributed by atoms with Gasteiger partial charge in [0.05, 0.1) is 0 Å². The van der Waals surface area contributed by atoms with Gasteiger partial charge in [-0.25, -0.2) is 9.97 Å². The van der Waals surface area contributed by atoms with E-state index in [1.807, 2.05) is 24.7 Å². The minimum absolute atomic E-state index is 0.0961. The number of pyridine rings is 1. The minimum atomic E-state index is -0.0961. The highest BCUT2D eigenvalue weighted by molar-refractivity contribution is 5.94. The van der Waals surface area contributed by atoms with Crippen molar-refractivity contribution >= 4 is 11.7 Å². The molecule has 0 unspecified atom stereocenters. The van der Waals surface area contributed by atoms with Crippen molar-refractivity contribution in [3.8, 4) is 0 Å². The van der Waals surface area contributed by atoms with Gasteiger partial charge in [0.15, 0.2) is 0 Å². The van der Waals surface area contributed by atoms with Crippen LogP contribution in [-0.4, -0.2) is 34.0 Å². The number of imidazole rings is 1. The molecule has 0 saturated heterocycles. The van der Waals surface area contributed by atoms with Crippen LogP contribution >= 0.6 is 0 Å². The Morgan fingerprint density at radius 3 is 2.85 bits per heavy atom. The summed E-state index contributed by atoms with van der Waals surface area (Å²) in [5.41, 5.74) is 1.42. The van der Waals surface area contributed by atoms with Crippen LogP contribution in [-0.2, 0) is 13.5 Å². The molecule has 0 aromatic carbocycles. The van der Waals surface area contributed by atoms with E-state index >= 15 is 0 Å². The summed E-state index contributed by atoms with van der Waals surface area (Å²) in [7, 11) is 3.72. The van der Waals surface area contributed by atoms with Crippen LogP contribution in [0.1, 0.15) is 21.9 Å². The average Bonchev–Trinajstić information content (AvgIpc) is 2.83. The number of rotatable bonds is 5. The van der Waals surface area contributed by atoms with Crippen molar-refractivity contribution in [1.29, 1.82) is 0 Å². The average molecular weight is 273 g/mol. The van der Waals surface area contributed by atoms with E-state index in [0.717, 1.165) is 11.5 Å². The van der Waals surface area contributed by atoms with Gasteiger partial charge in [-0.2, -0.15) is 0 Å². The van der Waals surface area contributed by atoms with E-state index in [1.54, 1.807) is 25.4 Å². The predicted molar refractivity (Wildman–Crippen MR) is 77.8 cm³/mol. The zero-order valence-electron chi connectivity index (χ0n) is 12.0. The van der Waals surface area contributed by atoms with E-state index in [-0.39, 0.29) is 5.91 Å². The summed E-state index contributed by atoms with van der Waals surface area (Å²) >= 11 is 0. The number of carbonyl (C=O) groups excluding carboxylic acids is 1. The zero-order chi connectivity index (χ0) is 14.5. The third-order valence-corrected chi connectivity index (χ3v) is 3.03. The van der Waals surface area contributed by atoms with Gasteiger partial charge in [0.25, 0.3) is 5.91 Å². The molecule has 1 amide bonds. The Bertz CT molecular complexity index is 605. The van der Waals surface area contributed by atoms with Crippen molar-refractivity contribution in [2.24, 2.45) is 7.05 Å². The van der Waals surface area contributed by atoms with Gasteiger partial charge in [-0.05, 0) is 19.1 Å². The van der Waals surface area contributed by atoms with E-state index in [4.69, 9.17) is 0 Å². The Labute approximate surface area is 118 Å². The van der Waals surface area contributed by atoms with Gasteiger partial charge in [0.2, 0.25) is 0 Å². The molecule has 0 saturated carbocycles. The lowest BCUT2D eigenvalue weighted by molar-refractivity contribution is 0.0953. The Balaban J connectivity index is 1.95. The molecule has 0 aliphatic rings. The fraction of sp³-hybridized carbons (Fsp3) is 0.357. The predicted octanol–water partition coefficient (Wildman–Crippen LogP) is 1.14. The lowest BCUT2D eigenvalue weighted by Crippen LogP contribution is -2.26. The first-order chi connectivity index (χ1) is 9.60. The summed E-state index contributed by atoms with van der Waals surface area (Å²) in [5.74, 6) is 1.55. The maximum Gasteiger partial charge on any atom is 0.251 e. The van der Waals surface area contributed by atoms with Gasteiger partial charge >= 0.3 is 0 Å². The SMILES string of the molecule is CNc1cc(C(=O)NCCc2nccn2C)cc(C)n1. The number of aromatic nitrogens is 3. The van der Waals surface area contributed by atoms with Gasteiger partial charge in [0.1, 0.15) is 11.6 Å². The number of hydrogen-bond acceptors (Lipinski definition) is 4. The van der Waals surface area contributed by atoms with Crippen molar-refractivity contribution < 1.29 is 4.79 Å². The first kappa shape index (κ1) is 14.0. The molecule has 6 nitrogen and oxygen atoms in total. The van der Waals surface area contributed by atoms with Crippen LogP contribution in [0, 0.1) is 6.92 Å². The summed E-state index contributed by atoms with van der Waals surface area (Å²) in [6.07, 6.45) is 4.35. The second kappa shape index (κ2) is 6.18. The van der Waals surface area contributed by atoms with Crippen molar-refractivity contribution in [2.45, 2.75) is 13.3 Å². The maximum absolute atomic E-state index is 12.1. The largest absolute Gasteiger partial charge is 0.373 e. The lowest BCUT2D eigenvalue weighted by atomic mass is 10.2. The molecule has 0 fully saturated rings. The van der Waals surface area contributed by atoms with Crippen molar-refractivity contribution in [2.75, 3.05) is 18.9 Å².